The van der Waals surface area contributed by atoms with Gasteiger partial charge >= 0.3 is 0 Å². The molecule has 0 radical (unpaired) electrons. The molecular weight excluding hydrogens is 507 g/mol. The van der Waals surface area contributed by atoms with Crippen LogP contribution in [0.3, 0.4) is 0 Å². The van der Waals surface area contributed by atoms with Gasteiger partial charge < -0.3 is 20.0 Å². The molecule has 2 amide bonds. The number of thioether (sulfide) groups is 1. The highest BCUT2D eigenvalue weighted by Gasteiger charge is 2.31. The van der Waals surface area contributed by atoms with E-state index in [1.54, 1.807) is 25.2 Å². The van der Waals surface area contributed by atoms with Crippen molar-refractivity contribution in [2.24, 2.45) is 5.92 Å². The molecule has 200 valence electrons. The Morgan fingerprint density at radius 3 is 2.74 bits per heavy atom. The van der Waals surface area contributed by atoms with E-state index >= 15 is 0 Å². The lowest BCUT2D eigenvalue weighted by molar-refractivity contribution is -0.124. The summed E-state index contributed by atoms with van der Waals surface area (Å²) in [5, 5.41) is 5.97. The molecule has 0 saturated heterocycles. The normalized spacial score (nSPS) is 16.2. The van der Waals surface area contributed by atoms with E-state index in [0.717, 1.165) is 62.6 Å². The Bertz CT molecular complexity index is 1400. The van der Waals surface area contributed by atoms with Crippen molar-refractivity contribution in [2.45, 2.75) is 68.3 Å². The van der Waals surface area contributed by atoms with Crippen molar-refractivity contribution >= 4 is 23.6 Å². The maximum absolute atomic E-state index is 14.9. The summed E-state index contributed by atoms with van der Waals surface area (Å²) in [5.41, 5.74) is 2.45. The number of nitrogens with zero attached hydrogens (tertiary/aromatic N) is 1. The SMILES string of the molecule is CNC(=O)C(NC(=O)c1ccc(-c2ccc(CSc3nc4c(c(=O)[nH]3)CCC4)c(F)c2)o1)C1CCCCC1. The van der Waals surface area contributed by atoms with Gasteiger partial charge in [0.25, 0.3) is 11.5 Å². The number of H-pyrrole nitrogens is 1. The summed E-state index contributed by atoms with van der Waals surface area (Å²) >= 11 is 1.28. The number of aromatic amines is 1. The van der Waals surface area contributed by atoms with Gasteiger partial charge in [-0.3, -0.25) is 14.4 Å². The van der Waals surface area contributed by atoms with Gasteiger partial charge in [0.2, 0.25) is 5.91 Å². The highest BCUT2D eigenvalue weighted by Crippen LogP contribution is 2.29. The van der Waals surface area contributed by atoms with E-state index in [1.807, 2.05) is 0 Å². The van der Waals surface area contributed by atoms with Crippen LogP contribution in [0.4, 0.5) is 4.39 Å². The molecular formula is C28H31FN4O4S. The third kappa shape index (κ3) is 5.70. The van der Waals surface area contributed by atoms with Crippen LogP contribution in [0.25, 0.3) is 11.3 Å². The van der Waals surface area contributed by atoms with E-state index in [2.05, 4.69) is 20.6 Å². The van der Waals surface area contributed by atoms with Crippen molar-refractivity contribution in [1.82, 2.24) is 20.6 Å². The number of nitrogens with one attached hydrogen (secondary N) is 3. The van der Waals surface area contributed by atoms with Crippen molar-refractivity contribution in [3.8, 4) is 11.3 Å². The zero-order valence-electron chi connectivity index (χ0n) is 21.3. The molecule has 2 aliphatic carbocycles. The summed E-state index contributed by atoms with van der Waals surface area (Å²) in [6.45, 7) is 0. The summed E-state index contributed by atoms with van der Waals surface area (Å²) in [6, 6.07) is 7.29. The molecule has 1 saturated carbocycles. The van der Waals surface area contributed by atoms with Crippen molar-refractivity contribution in [3.63, 3.8) is 0 Å². The van der Waals surface area contributed by atoms with Gasteiger partial charge in [0.15, 0.2) is 10.9 Å². The zero-order valence-corrected chi connectivity index (χ0v) is 22.1. The lowest BCUT2D eigenvalue weighted by Gasteiger charge is -2.29. The van der Waals surface area contributed by atoms with Gasteiger partial charge in [-0.15, -0.1) is 0 Å². The predicted molar refractivity (Wildman–Crippen MR) is 142 cm³/mol. The molecule has 2 aliphatic rings. The van der Waals surface area contributed by atoms with Crippen LogP contribution < -0.4 is 16.2 Å². The standard InChI is InChI=1S/C28H31FN4O4S/c1-30-27(36)24(16-6-3-2-4-7-16)32-26(35)23-13-12-22(37-23)17-10-11-18(20(29)14-17)15-38-28-31-21-9-5-8-19(21)25(34)33-28/h10-14,16,24H,2-9,15H2,1H3,(H,30,36)(H,32,35)(H,31,33,34). The number of benzene rings is 1. The number of halogens is 1. The fraction of sp³-hybridized carbons (Fsp3) is 0.429. The molecule has 1 atom stereocenters. The van der Waals surface area contributed by atoms with E-state index in [0.29, 0.717) is 27.8 Å². The molecule has 2 heterocycles. The minimum atomic E-state index is -0.620. The first kappa shape index (κ1) is 26.2. The third-order valence-corrected chi connectivity index (χ3v) is 8.31. The number of aromatic nitrogens is 2. The summed E-state index contributed by atoms with van der Waals surface area (Å²) in [4.78, 5) is 44.9. The molecule has 0 aliphatic heterocycles. The van der Waals surface area contributed by atoms with Gasteiger partial charge in [0.05, 0.1) is 5.69 Å². The first-order valence-corrected chi connectivity index (χ1v) is 14.1. The van der Waals surface area contributed by atoms with E-state index in [9.17, 15) is 18.8 Å². The number of aryl methyl sites for hydroxylation is 1. The summed E-state index contributed by atoms with van der Waals surface area (Å²) in [5.74, 6) is -0.291. The quantitative estimate of drug-likeness (QED) is 0.290. The minimum absolute atomic E-state index is 0.0661. The third-order valence-electron chi connectivity index (χ3n) is 7.39. The average Bonchev–Trinajstić information content (AvgIpc) is 3.62. The Morgan fingerprint density at radius 1 is 1.16 bits per heavy atom. The average molecular weight is 539 g/mol. The molecule has 3 N–H and O–H groups in total. The van der Waals surface area contributed by atoms with Crippen LogP contribution >= 0.6 is 11.8 Å². The summed E-state index contributed by atoms with van der Waals surface area (Å²) in [7, 11) is 1.56. The zero-order chi connectivity index (χ0) is 26.6. The Labute approximate surface area is 224 Å². The van der Waals surface area contributed by atoms with Gasteiger partial charge in [-0.25, -0.2) is 9.37 Å². The van der Waals surface area contributed by atoms with Crippen LogP contribution in [-0.2, 0) is 23.4 Å². The summed E-state index contributed by atoms with van der Waals surface area (Å²) in [6.07, 6.45) is 7.50. The molecule has 8 nitrogen and oxygen atoms in total. The monoisotopic (exact) mass is 538 g/mol. The maximum Gasteiger partial charge on any atom is 0.287 e. The van der Waals surface area contributed by atoms with Crippen molar-refractivity contribution in [1.29, 1.82) is 0 Å². The van der Waals surface area contributed by atoms with Crippen LogP contribution in [0.5, 0.6) is 0 Å². The minimum Gasteiger partial charge on any atom is -0.451 e. The van der Waals surface area contributed by atoms with E-state index in [1.165, 1.54) is 23.9 Å². The highest BCUT2D eigenvalue weighted by molar-refractivity contribution is 7.98. The van der Waals surface area contributed by atoms with Crippen molar-refractivity contribution in [3.05, 3.63) is 69.1 Å². The Balaban J connectivity index is 1.25. The topological polar surface area (TPSA) is 117 Å². The number of fused-ring (bicyclic) bond motifs is 1. The molecule has 5 rings (SSSR count). The number of carbonyl (C=O) groups is 2. The fourth-order valence-electron chi connectivity index (χ4n) is 5.30. The Hall–Kier alpha value is -3.40. The lowest BCUT2D eigenvalue weighted by Crippen LogP contribution is -2.50. The lowest BCUT2D eigenvalue weighted by atomic mass is 9.83. The molecule has 10 heteroatoms. The largest absolute Gasteiger partial charge is 0.451 e. The van der Waals surface area contributed by atoms with Gasteiger partial charge in [-0.05, 0) is 61.8 Å². The molecule has 1 aromatic carbocycles. The smallest absolute Gasteiger partial charge is 0.287 e. The van der Waals surface area contributed by atoms with Crippen LogP contribution in [0.15, 0.2) is 44.7 Å². The van der Waals surface area contributed by atoms with Crippen molar-refractivity contribution in [2.75, 3.05) is 7.05 Å². The molecule has 2 aromatic heterocycles. The van der Waals surface area contributed by atoms with E-state index in [-0.39, 0.29) is 23.1 Å². The first-order chi connectivity index (χ1) is 18.4. The second-order valence-electron chi connectivity index (χ2n) is 9.87. The van der Waals surface area contributed by atoms with E-state index < -0.39 is 17.8 Å². The van der Waals surface area contributed by atoms with Crippen LogP contribution in [0.1, 0.15) is 65.9 Å². The maximum atomic E-state index is 14.9. The fourth-order valence-corrected chi connectivity index (χ4v) is 6.16. The van der Waals surface area contributed by atoms with Crippen molar-refractivity contribution < 1.29 is 18.4 Å². The predicted octanol–water partition coefficient (Wildman–Crippen LogP) is 4.37. The number of rotatable bonds is 8. The van der Waals surface area contributed by atoms with E-state index in [4.69, 9.17) is 4.42 Å². The highest BCUT2D eigenvalue weighted by atomic mass is 32.2. The molecule has 0 spiro atoms. The first-order valence-electron chi connectivity index (χ1n) is 13.1. The van der Waals surface area contributed by atoms with Gasteiger partial charge in [-0.1, -0.05) is 43.2 Å². The number of likely N-dealkylation sites (N-methyl/N-ethyl adjacent to an activating group) is 1. The molecule has 1 fully saturated rings. The van der Waals surface area contributed by atoms with Crippen LogP contribution in [0, 0.1) is 11.7 Å². The number of hydrogen-bond donors (Lipinski definition) is 3. The molecule has 1 unspecified atom stereocenters. The Morgan fingerprint density at radius 2 is 1.97 bits per heavy atom. The van der Waals surface area contributed by atoms with Gasteiger partial charge in [-0.2, -0.15) is 0 Å². The molecule has 3 aromatic rings. The van der Waals surface area contributed by atoms with Gasteiger partial charge in [0, 0.05) is 23.9 Å². The number of furan rings is 1. The molecule has 0 bridgehead atoms. The number of carbonyl (C=O) groups excluding carboxylic acids is 2. The molecule has 38 heavy (non-hydrogen) atoms. The second kappa shape index (κ2) is 11.6. The van der Waals surface area contributed by atoms with Crippen LogP contribution in [-0.4, -0.2) is 34.9 Å². The van der Waals surface area contributed by atoms with Crippen LogP contribution in [0.2, 0.25) is 0 Å². The Kier molecular flexibility index (Phi) is 7.97. The number of hydrogen-bond acceptors (Lipinski definition) is 6. The number of amides is 2. The second-order valence-corrected chi connectivity index (χ2v) is 10.8. The summed E-state index contributed by atoms with van der Waals surface area (Å²) < 4.78 is 20.7. The van der Waals surface area contributed by atoms with Gasteiger partial charge in [0.1, 0.15) is 17.6 Å².